The molecule has 1 fully saturated rings. The summed E-state index contributed by atoms with van der Waals surface area (Å²) < 4.78 is 5.69. The smallest absolute Gasteiger partial charge is 0.0801 e. The van der Waals surface area contributed by atoms with Crippen LogP contribution in [0.2, 0.25) is 5.02 Å². The predicted molar refractivity (Wildman–Crippen MR) is 74.3 cm³/mol. The molecule has 1 aliphatic rings. The Morgan fingerprint density at radius 2 is 2.17 bits per heavy atom. The van der Waals surface area contributed by atoms with Gasteiger partial charge in [0.15, 0.2) is 0 Å². The van der Waals surface area contributed by atoms with E-state index in [2.05, 4.69) is 18.7 Å². The van der Waals surface area contributed by atoms with Crippen molar-refractivity contribution in [3.8, 4) is 0 Å². The highest BCUT2D eigenvalue weighted by atomic mass is 35.5. The van der Waals surface area contributed by atoms with Gasteiger partial charge in [-0.05, 0) is 38.5 Å². The van der Waals surface area contributed by atoms with Gasteiger partial charge in [-0.2, -0.15) is 0 Å². The van der Waals surface area contributed by atoms with E-state index in [1.165, 1.54) is 0 Å². The van der Waals surface area contributed by atoms with E-state index in [1.807, 2.05) is 18.2 Å². The van der Waals surface area contributed by atoms with E-state index in [1.54, 1.807) is 6.92 Å². The van der Waals surface area contributed by atoms with Gasteiger partial charge in [0, 0.05) is 13.1 Å². The molecule has 100 valence electrons. The van der Waals surface area contributed by atoms with Crippen LogP contribution in [0.15, 0.2) is 18.2 Å². The second kappa shape index (κ2) is 5.08. The first-order valence-corrected chi connectivity index (χ1v) is 6.63. The molecule has 1 aliphatic heterocycles. The number of nitrogens with zero attached hydrogens (tertiary/aromatic N) is 1. The molecular formula is C14H20ClNO2. The van der Waals surface area contributed by atoms with Crippen molar-refractivity contribution in [2.24, 2.45) is 0 Å². The summed E-state index contributed by atoms with van der Waals surface area (Å²) in [6.45, 7) is 8.27. The molecule has 1 unspecified atom stereocenters. The fourth-order valence-electron chi connectivity index (χ4n) is 2.26. The molecule has 0 amide bonds. The third kappa shape index (κ3) is 2.97. The summed E-state index contributed by atoms with van der Waals surface area (Å²) in [6, 6.07) is 5.74. The molecule has 1 saturated heterocycles. The molecule has 0 aromatic heterocycles. The number of aliphatic hydroxyl groups is 1. The molecule has 1 aromatic carbocycles. The van der Waals surface area contributed by atoms with Crippen LogP contribution in [0.25, 0.3) is 0 Å². The zero-order valence-electron chi connectivity index (χ0n) is 11.1. The van der Waals surface area contributed by atoms with Crippen LogP contribution in [-0.2, 0) is 4.74 Å². The monoisotopic (exact) mass is 269 g/mol. The summed E-state index contributed by atoms with van der Waals surface area (Å²) in [5, 5.41) is 10.2. The highest BCUT2D eigenvalue weighted by molar-refractivity contribution is 6.33. The Hall–Kier alpha value is -0.770. The van der Waals surface area contributed by atoms with Gasteiger partial charge in [-0.3, -0.25) is 0 Å². The van der Waals surface area contributed by atoms with Crippen molar-refractivity contribution in [1.29, 1.82) is 0 Å². The fourth-order valence-corrected chi connectivity index (χ4v) is 2.57. The summed E-state index contributed by atoms with van der Waals surface area (Å²) in [6.07, 6.45) is -0.488. The SMILES string of the molecule is CC(O)c1ccc(N2CCOC(C)(C)C2)c(Cl)c1. The summed E-state index contributed by atoms with van der Waals surface area (Å²) in [7, 11) is 0. The van der Waals surface area contributed by atoms with Gasteiger partial charge in [0.05, 0.1) is 29.0 Å². The number of morpholine rings is 1. The van der Waals surface area contributed by atoms with Gasteiger partial charge >= 0.3 is 0 Å². The largest absolute Gasteiger partial charge is 0.389 e. The van der Waals surface area contributed by atoms with Crippen LogP contribution in [0.4, 0.5) is 5.69 Å². The topological polar surface area (TPSA) is 32.7 Å². The van der Waals surface area contributed by atoms with E-state index in [-0.39, 0.29) is 5.60 Å². The zero-order chi connectivity index (χ0) is 13.3. The third-order valence-electron chi connectivity index (χ3n) is 3.22. The van der Waals surface area contributed by atoms with Gasteiger partial charge in [0.25, 0.3) is 0 Å². The van der Waals surface area contributed by atoms with E-state index in [9.17, 15) is 5.11 Å². The Kier molecular flexibility index (Phi) is 3.85. The maximum absolute atomic E-state index is 9.54. The minimum Gasteiger partial charge on any atom is -0.389 e. The van der Waals surface area contributed by atoms with Crippen molar-refractivity contribution in [3.63, 3.8) is 0 Å². The molecule has 1 heterocycles. The molecule has 4 heteroatoms. The number of halogens is 1. The standard InChI is InChI=1S/C14H20ClNO2/c1-10(17)11-4-5-13(12(15)8-11)16-6-7-18-14(2,3)9-16/h4-5,8,10,17H,6-7,9H2,1-3H3. The maximum Gasteiger partial charge on any atom is 0.0801 e. The minimum absolute atomic E-state index is 0.148. The summed E-state index contributed by atoms with van der Waals surface area (Å²) in [4.78, 5) is 2.23. The molecule has 18 heavy (non-hydrogen) atoms. The lowest BCUT2D eigenvalue weighted by atomic mass is 10.1. The Balaban J connectivity index is 2.23. The lowest BCUT2D eigenvalue weighted by molar-refractivity contribution is -0.0276. The molecule has 0 spiro atoms. The van der Waals surface area contributed by atoms with Gasteiger partial charge < -0.3 is 14.7 Å². The second-order valence-electron chi connectivity index (χ2n) is 5.42. The van der Waals surface area contributed by atoms with Crippen LogP contribution in [0.1, 0.15) is 32.4 Å². The first-order chi connectivity index (χ1) is 8.39. The number of benzene rings is 1. The highest BCUT2D eigenvalue weighted by Gasteiger charge is 2.28. The van der Waals surface area contributed by atoms with Gasteiger partial charge in [-0.25, -0.2) is 0 Å². The zero-order valence-corrected chi connectivity index (χ0v) is 11.9. The van der Waals surface area contributed by atoms with Crippen molar-refractivity contribution in [3.05, 3.63) is 28.8 Å². The van der Waals surface area contributed by atoms with Crippen LogP contribution >= 0.6 is 11.6 Å². The molecule has 1 atom stereocenters. The molecular weight excluding hydrogens is 250 g/mol. The lowest BCUT2D eigenvalue weighted by Gasteiger charge is -2.39. The van der Waals surface area contributed by atoms with Crippen molar-refractivity contribution in [1.82, 2.24) is 0 Å². The van der Waals surface area contributed by atoms with Gasteiger partial charge in [-0.1, -0.05) is 17.7 Å². The van der Waals surface area contributed by atoms with Crippen molar-refractivity contribution in [2.75, 3.05) is 24.6 Å². The minimum atomic E-state index is -0.488. The number of anilines is 1. The van der Waals surface area contributed by atoms with E-state index in [0.29, 0.717) is 11.6 Å². The van der Waals surface area contributed by atoms with Gasteiger partial charge in [-0.15, -0.1) is 0 Å². The Morgan fingerprint density at radius 3 is 2.72 bits per heavy atom. The normalized spacial score (nSPS) is 20.8. The molecule has 3 nitrogen and oxygen atoms in total. The number of ether oxygens (including phenoxy) is 1. The van der Waals surface area contributed by atoms with Gasteiger partial charge in [0.1, 0.15) is 0 Å². The maximum atomic E-state index is 9.54. The molecule has 1 aromatic rings. The quantitative estimate of drug-likeness (QED) is 0.896. The lowest BCUT2D eigenvalue weighted by Crippen LogP contribution is -2.48. The number of rotatable bonds is 2. The highest BCUT2D eigenvalue weighted by Crippen LogP contribution is 2.31. The fraction of sp³-hybridized carbons (Fsp3) is 0.571. The van der Waals surface area contributed by atoms with Crippen molar-refractivity contribution >= 4 is 17.3 Å². The summed E-state index contributed by atoms with van der Waals surface area (Å²) >= 11 is 6.31. The first kappa shape index (κ1) is 13.7. The molecule has 0 saturated carbocycles. The van der Waals surface area contributed by atoms with Gasteiger partial charge in [0.2, 0.25) is 0 Å². The van der Waals surface area contributed by atoms with E-state index in [4.69, 9.17) is 16.3 Å². The van der Waals surface area contributed by atoms with E-state index < -0.39 is 6.10 Å². The summed E-state index contributed by atoms with van der Waals surface area (Å²) in [5.74, 6) is 0. The van der Waals surface area contributed by atoms with Crippen LogP contribution in [-0.4, -0.2) is 30.4 Å². The van der Waals surface area contributed by atoms with Crippen molar-refractivity contribution < 1.29 is 9.84 Å². The molecule has 0 radical (unpaired) electrons. The molecule has 2 rings (SSSR count). The molecule has 0 aliphatic carbocycles. The van der Waals surface area contributed by atoms with E-state index in [0.717, 1.165) is 24.3 Å². The Labute approximate surface area is 113 Å². The third-order valence-corrected chi connectivity index (χ3v) is 3.52. The van der Waals surface area contributed by atoms with Crippen LogP contribution in [0, 0.1) is 0 Å². The van der Waals surface area contributed by atoms with Crippen molar-refractivity contribution in [2.45, 2.75) is 32.5 Å². The number of aliphatic hydroxyl groups excluding tert-OH is 1. The molecule has 1 N–H and O–H groups in total. The second-order valence-corrected chi connectivity index (χ2v) is 5.82. The average molecular weight is 270 g/mol. The molecule has 0 bridgehead atoms. The first-order valence-electron chi connectivity index (χ1n) is 6.25. The average Bonchev–Trinajstić information content (AvgIpc) is 2.27. The van der Waals surface area contributed by atoms with E-state index >= 15 is 0 Å². The van der Waals surface area contributed by atoms with Crippen LogP contribution in [0.5, 0.6) is 0 Å². The number of hydrogen-bond acceptors (Lipinski definition) is 3. The Bertz CT molecular complexity index is 432. The van der Waals surface area contributed by atoms with Crippen LogP contribution < -0.4 is 4.90 Å². The summed E-state index contributed by atoms with van der Waals surface area (Å²) in [5.41, 5.74) is 1.71. The predicted octanol–water partition coefficient (Wildman–Crippen LogP) is 3.01. The Morgan fingerprint density at radius 1 is 1.44 bits per heavy atom. The number of hydrogen-bond donors (Lipinski definition) is 1. The van der Waals surface area contributed by atoms with Crippen LogP contribution in [0.3, 0.4) is 0 Å².